The molecular formula is C11H8Br2O4. The number of carbonyl (C=O) groups is 2. The Balaban J connectivity index is 3.00. The van der Waals surface area contributed by atoms with E-state index in [4.69, 9.17) is 0 Å². The van der Waals surface area contributed by atoms with Crippen LogP contribution in [0.4, 0.5) is 0 Å². The molecule has 0 fully saturated rings. The van der Waals surface area contributed by atoms with Gasteiger partial charge in [0.1, 0.15) is 5.76 Å². The van der Waals surface area contributed by atoms with Gasteiger partial charge in [-0.3, -0.25) is 4.79 Å². The van der Waals surface area contributed by atoms with Crippen LogP contribution in [-0.2, 0) is 14.3 Å². The number of halogens is 2. The summed E-state index contributed by atoms with van der Waals surface area (Å²) in [7, 11) is 1.10. The van der Waals surface area contributed by atoms with Crippen molar-refractivity contribution in [3.05, 3.63) is 38.8 Å². The molecule has 17 heavy (non-hydrogen) atoms. The van der Waals surface area contributed by atoms with E-state index in [1.54, 1.807) is 18.2 Å². The van der Waals surface area contributed by atoms with Gasteiger partial charge >= 0.3 is 5.97 Å². The van der Waals surface area contributed by atoms with Crippen LogP contribution in [0, 0.1) is 0 Å². The van der Waals surface area contributed by atoms with E-state index in [-0.39, 0.29) is 5.76 Å². The molecule has 0 radical (unpaired) electrons. The van der Waals surface area contributed by atoms with Crippen molar-refractivity contribution in [3.63, 3.8) is 0 Å². The van der Waals surface area contributed by atoms with Gasteiger partial charge < -0.3 is 9.84 Å². The number of aliphatic hydroxyl groups excluding tert-OH is 1. The summed E-state index contributed by atoms with van der Waals surface area (Å²) in [4.78, 5) is 22.0. The Morgan fingerprint density at radius 3 is 2.47 bits per heavy atom. The molecule has 0 aliphatic heterocycles. The van der Waals surface area contributed by atoms with Crippen molar-refractivity contribution in [1.82, 2.24) is 0 Å². The topological polar surface area (TPSA) is 63.6 Å². The van der Waals surface area contributed by atoms with Crippen molar-refractivity contribution in [2.45, 2.75) is 0 Å². The second kappa shape index (κ2) is 5.97. The molecule has 0 aliphatic rings. The maximum atomic E-state index is 11.2. The van der Waals surface area contributed by atoms with Gasteiger partial charge in [-0.2, -0.15) is 0 Å². The number of methoxy groups -OCH3 is 1. The van der Waals surface area contributed by atoms with Crippen LogP contribution in [0.25, 0.3) is 5.76 Å². The zero-order valence-corrected chi connectivity index (χ0v) is 11.9. The Kier molecular flexibility index (Phi) is 4.89. The molecule has 0 bridgehead atoms. The van der Waals surface area contributed by atoms with E-state index in [0.717, 1.165) is 22.1 Å². The summed E-state index contributed by atoms with van der Waals surface area (Å²) in [5.74, 6) is -2.23. The number of aliphatic hydroxyl groups is 1. The Morgan fingerprint density at radius 1 is 1.29 bits per heavy atom. The third-order valence-electron chi connectivity index (χ3n) is 1.87. The second-order valence-electron chi connectivity index (χ2n) is 3.01. The molecule has 0 spiro atoms. The fraction of sp³-hybridized carbons (Fsp3) is 0.0909. The maximum absolute atomic E-state index is 11.2. The smallest absolute Gasteiger partial charge is 0.378 e. The summed E-state index contributed by atoms with van der Waals surface area (Å²) < 4.78 is 5.77. The predicted molar refractivity (Wildman–Crippen MR) is 69.5 cm³/mol. The first-order valence-electron chi connectivity index (χ1n) is 4.44. The third kappa shape index (κ3) is 3.67. The molecule has 1 aromatic rings. The highest BCUT2D eigenvalue weighted by atomic mass is 79.9. The predicted octanol–water partition coefficient (Wildman–Crippen LogP) is 2.85. The van der Waals surface area contributed by atoms with Gasteiger partial charge in [0, 0.05) is 20.6 Å². The molecule has 0 unspecified atom stereocenters. The average Bonchev–Trinajstić information content (AvgIpc) is 2.31. The minimum atomic E-state index is -1.02. The van der Waals surface area contributed by atoms with Gasteiger partial charge in [0.15, 0.2) is 0 Å². The van der Waals surface area contributed by atoms with E-state index in [1.165, 1.54) is 0 Å². The van der Waals surface area contributed by atoms with E-state index in [2.05, 4.69) is 36.6 Å². The van der Waals surface area contributed by atoms with Crippen LogP contribution < -0.4 is 0 Å². The first-order valence-corrected chi connectivity index (χ1v) is 6.02. The highest BCUT2D eigenvalue weighted by Gasteiger charge is 2.13. The number of hydrogen-bond donors (Lipinski definition) is 1. The van der Waals surface area contributed by atoms with Crippen molar-refractivity contribution in [1.29, 1.82) is 0 Å². The first-order chi connectivity index (χ1) is 7.95. The molecule has 4 nitrogen and oxygen atoms in total. The lowest BCUT2D eigenvalue weighted by atomic mass is 10.1. The minimum absolute atomic E-state index is 0.298. The maximum Gasteiger partial charge on any atom is 0.378 e. The molecule has 6 heteroatoms. The molecule has 0 aliphatic carbocycles. The molecule has 0 heterocycles. The van der Waals surface area contributed by atoms with Crippen LogP contribution >= 0.6 is 31.9 Å². The van der Waals surface area contributed by atoms with E-state index in [0.29, 0.717) is 5.56 Å². The Bertz CT molecular complexity index is 494. The van der Waals surface area contributed by atoms with Gasteiger partial charge in [-0.1, -0.05) is 6.07 Å². The number of rotatable bonds is 3. The van der Waals surface area contributed by atoms with Gasteiger partial charge in [0.25, 0.3) is 5.78 Å². The van der Waals surface area contributed by atoms with Gasteiger partial charge in [-0.25, -0.2) is 4.79 Å². The largest absolute Gasteiger partial charge is 0.507 e. The van der Waals surface area contributed by atoms with E-state index in [9.17, 15) is 14.7 Å². The lowest BCUT2D eigenvalue weighted by Gasteiger charge is -2.02. The fourth-order valence-corrected chi connectivity index (χ4v) is 1.65. The number of hydrogen-bond acceptors (Lipinski definition) is 4. The van der Waals surface area contributed by atoms with Crippen LogP contribution in [0.1, 0.15) is 5.56 Å². The average molecular weight is 364 g/mol. The summed E-state index contributed by atoms with van der Waals surface area (Å²) in [5.41, 5.74) is 0.414. The quantitative estimate of drug-likeness (QED) is 0.388. The highest BCUT2D eigenvalue weighted by Crippen LogP contribution is 2.26. The molecule has 0 aromatic heterocycles. The zero-order chi connectivity index (χ0) is 13.0. The number of esters is 1. The highest BCUT2D eigenvalue weighted by molar-refractivity contribution is 9.13. The summed E-state index contributed by atoms with van der Waals surface area (Å²) in [5, 5.41) is 9.65. The molecule has 0 saturated carbocycles. The van der Waals surface area contributed by atoms with Crippen LogP contribution in [0.2, 0.25) is 0 Å². The standard InChI is InChI=1S/C11H8Br2O4/c1-17-11(16)10(15)5-9(14)6-2-3-7(12)8(13)4-6/h2-5,14H,1H3/b9-5-. The molecule has 1 N–H and O–H groups in total. The summed E-state index contributed by atoms with van der Waals surface area (Å²) >= 11 is 6.54. The minimum Gasteiger partial charge on any atom is -0.507 e. The third-order valence-corrected chi connectivity index (χ3v) is 3.75. The van der Waals surface area contributed by atoms with E-state index < -0.39 is 11.8 Å². The van der Waals surface area contributed by atoms with Gasteiger partial charge in [-0.15, -0.1) is 0 Å². The summed E-state index contributed by atoms with van der Waals surface area (Å²) in [6, 6.07) is 4.91. The Labute approximate surface area is 115 Å². The number of carbonyl (C=O) groups excluding carboxylic acids is 2. The Hall–Kier alpha value is -1.14. The van der Waals surface area contributed by atoms with Crippen molar-refractivity contribution in [2.24, 2.45) is 0 Å². The number of benzene rings is 1. The first kappa shape index (κ1) is 13.9. The number of ether oxygens (including phenoxy) is 1. The van der Waals surface area contributed by atoms with Crippen molar-refractivity contribution >= 4 is 49.4 Å². The van der Waals surface area contributed by atoms with E-state index in [1.807, 2.05) is 0 Å². The zero-order valence-electron chi connectivity index (χ0n) is 8.74. The van der Waals surface area contributed by atoms with Crippen LogP contribution in [-0.4, -0.2) is 24.0 Å². The van der Waals surface area contributed by atoms with E-state index >= 15 is 0 Å². The Morgan fingerprint density at radius 2 is 1.94 bits per heavy atom. The molecule has 0 amide bonds. The molecular weight excluding hydrogens is 356 g/mol. The van der Waals surface area contributed by atoms with Gasteiger partial charge in [0.05, 0.1) is 7.11 Å². The SMILES string of the molecule is COC(=O)C(=O)/C=C(\O)c1ccc(Br)c(Br)c1. The lowest BCUT2D eigenvalue weighted by Crippen LogP contribution is -2.13. The summed E-state index contributed by atoms with van der Waals surface area (Å²) in [6.07, 6.45) is 0.821. The van der Waals surface area contributed by atoms with Crippen molar-refractivity contribution in [2.75, 3.05) is 7.11 Å². The molecule has 0 atom stereocenters. The van der Waals surface area contributed by atoms with Gasteiger partial charge in [-0.05, 0) is 44.0 Å². The molecule has 1 aromatic carbocycles. The normalized spacial score (nSPS) is 11.1. The van der Waals surface area contributed by atoms with Gasteiger partial charge in [0.2, 0.25) is 0 Å². The monoisotopic (exact) mass is 362 g/mol. The summed E-state index contributed by atoms with van der Waals surface area (Å²) in [6.45, 7) is 0. The van der Waals surface area contributed by atoms with Crippen LogP contribution in [0.15, 0.2) is 33.2 Å². The van der Waals surface area contributed by atoms with Crippen LogP contribution in [0.3, 0.4) is 0 Å². The van der Waals surface area contributed by atoms with Crippen molar-refractivity contribution in [3.8, 4) is 0 Å². The van der Waals surface area contributed by atoms with Crippen LogP contribution in [0.5, 0.6) is 0 Å². The van der Waals surface area contributed by atoms with Crippen molar-refractivity contribution < 1.29 is 19.4 Å². The molecule has 90 valence electrons. The number of ketones is 1. The molecule has 1 rings (SSSR count). The molecule has 0 saturated heterocycles. The lowest BCUT2D eigenvalue weighted by molar-refractivity contribution is -0.149. The second-order valence-corrected chi connectivity index (χ2v) is 4.72. The fourth-order valence-electron chi connectivity index (χ4n) is 1.02.